The van der Waals surface area contributed by atoms with Crippen molar-refractivity contribution in [1.82, 2.24) is 0 Å². The summed E-state index contributed by atoms with van der Waals surface area (Å²) in [4.78, 5) is 12.3. The molecule has 98 valence electrons. The highest BCUT2D eigenvalue weighted by atomic mass is 35.5. The Morgan fingerprint density at radius 1 is 1.21 bits per heavy atom. The topological polar surface area (TPSA) is 26.3 Å². The Hall–Kier alpha value is -1.80. The molecule has 0 N–H and O–H groups in total. The summed E-state index contributed by atoms with van der Waals surface area (Å²) < 4.78 is 5.15. The largest absolute Gasteiger partial charge is 0.497 e. The van der Waals surface area contributed by atoms with Crippen molar-refractivity contribution < 1.29 is 9.53 Å². The summed E-state index contributed by atoms with van der Waals surface area (Å²) >= 11 is 5.89. The van der Waals surface area contributed by atoms with E-state index >= 15 is 0 Å². The number of ketones is 1. The fourth-order valence-corrected chi connectivity index (χ4v) is 2.23. The van der Waals surface area contributed by atoms with E-state index in [4.69, 9.17) is 16.3 Å². The minimum atomic E-state index is 0.0856. The molecule has 0 atom stereocenters. The lowest BCUT2D eigenvalue weighted by molar-refractivity contribution is 0.0992. The van der Waals surface area contributed by atoms with Crippen LogP contribution in [-0.4, -0.2) is 12.9 Å². The Labute approximate surface area is 118 Å². The molecule has 0 aromatic heterocycles. The summed E-state index contributed by atoms with van der Waals surface area (Å²) in [6, 6.07) is 12.9. The summed E-state index contributed by atoms with van der Waals surface area (Å²) in [6.07, 6.45) is 0.361. The van der Waals surface area contributed by atoms with Gasteiger partial charge in [-0.2, -0.15) is 0 Å². The molecule has 0 fully saturated rings. The fourth-order valence-electron chi connectivity index (χ4n) is 2.00. The van der Waals surface area contributed by atoms with Crippen molar-refractivity contribution >= 4 is 17.4 Å². The third kappa shape index (κ3) is 3.36. The smallest absolute Gasteiger partial charge is 0.167 e. The predicted molar refractivity (Wildman–Crippen MR) is 77.2 cm³/mol. The van der Waals surface area contributed by atoms with Crippen molar-refractivity contribution in [2.45, 2.75) is 13.3 Å². The number of hydrogen-bond acceptors (Lipinski definition) is 2. The molecule has 0 heterocycles. The number of carbonyl (C=O) groups excluding carboxylic acids is 1. The minimum Gasteiger partial charge on any atom is -0.497 e. The molecule has 0 saturated carbocycles. The van der Waals surface area contributed by atoms with Crippen LogP contribution in [0.3, 0.4) is 0 Å². The van der Waals surface area contributed by atoms with E-state index < -0.39 is 0 Å². The molecule has 2 aromatic rings. The monoisotopic (exact) mass is 274 g/mol. The van der Waals surface area contributed by atoms with Crippen LogP contribution in [0.15, 0.2) is 42.5 Å². The molecule has 3 heteroatoms. The lowest BCUT2D eigenvalue weighted by Gasteiger charge is -2.07. The number of halogens is 1. The third-order valence-corrected chi connectivity index (χ3v) is 3.22. The number of rotatable bonds is 4. The van der Waals surface area contributed by atoms with Gasteiger partial charge in [-0.25, -0.2) is 0 Å². The Kier molecular flexibility index (Phi) is 4.23. The van der Waals surface area contributed by atoms with Crippen LogP contribution in [0.5, 0.6) is 5.75 Å². The Balaban J connectivity index is 2.20. The van der Waals surface area contributed by atoms with Gasteiger partial charge in [-0.15, -0.1) is 0 Å². The normalized spacial score (nSPS) is 10.3. The standard InChI is InChI=1S/C16H15ClO2/c1-11-8-13(17)6-7-15(11)16(18)10-12-4-3-5-14(9-12)19-2/h3-9H,10H2,1-2H3. The van der Waals surface area contributed by atoms with Gasteiger partial charge in [0.1, 0.15) is 5.75 Å². The second-order valence-corrected chi connectivity index (χ2v) is 4.85. The van der Waals surface area contributed by atoms with E-state index in [-0.39, 0.29) is 5.78 Å². The first-order valence-corrected chi connectivity index (χ1v) is 6.40. The van der Waals surface area contributed by atoms with E-state index in [2.05, 4.69) is 0 Å². The summed E-state index contributed by atoms with van der Waals surface area (Å²) in [5, 5.41) is 0.649. The van der Waals surface area contributed by atoms with E-state index in [1.165, 1.54) is 0 Å². The van der Waals surface area contributed by atoms with Gasteiger partial charge >= 0.3 is 0 Å². The molecular weight excluding hydrogens is 260 g/mol. The summed E-state index contributed by atoms with van der Waals surface area (Å²) in [5.41, 5.74) is 2.56. The van der Waals surface area contributed by atoms with Gasteiger partial charge in [0.2, 0.25) is 0 Å². The maximum atomic E-state index is 12.3. The number of benzene rings is 2. The van der Waals surface area contributed by atoms with E-state index in [1.54, 1.807) is 25.3 Å². The van der Waals surface area contributed by atoms with Gasteiger partial charge in [-0.05, 0) is 48.4 Å². The fraction of sp³-hybridized carbons (Fsp3) is 0.188. The van der Waals surface area contributed by atoms with Crippen molar-refractivity contribution in [3.63, 3.8) is 0 Å². The molecule has 2 rings (SSSR count). The molecule has 0 spiro atoms. The zero-order valence-corrected chi connectivity index (χ0v) is 11.7. The molecule has 19 heavy (non-hydrogen) atoms. The van der Waals surface area contributed by atoms with Crippen LogP contribution in [0.2, 0.25) is 5.02 Å². The van der Waals surface area contributed by atoms with Gasteiger partial charge in [0.15, 0.2) is 5.78 Å². The first-order valence-electron chi connectivity index (χ1n) is 6.02. The first kappa shape index (κ1) is 13.6. The van der Waals surface area contributed by atoms with Crippen molar-refractivity contribution in [2.75, 3.05) is 7.11 Å². The maximum absolute atomic E-state index is 12.3. The van der Waals surface area contributed by atoms with Gasteiger partial charge in [0.25, 0.3) is 0 Å². The van der Waals surface area contributed by atoms with Gasteiger partial charge in [0.05, 0.1) is 7.11 Å². The Morgan fingerprint density at radius 2 is 2.00 bits per heavy atom. The van der Waals surface area contributed by atoms with E-state index in [9.17, 15) is 4.79 Å². The minimum absolute atomic E-state index is 0.0856. The van der Waals surface area contributed by atoms with Gasteiger partial charge in [-0.3, -0.25) is 4.79 Å². The first-order chi connectivity index (χ1) is 9.10. The SMILES string of the molecule is COc1cccc(CC(=O)c2ccc(Cl)cc2C)c1. The number of methoxy groups -OCH3 is 1. The third-order valence-electron chi connectivity index (χ3n) is 2.99. The van der Waals surface area contributed by atoms with E-state index in [0.717, 1.165) is 16.9 Å². The van der Waals surface area contributed by atoms with Crippen LogP contribution in [0.25, 0.3) is 0 Å². The van der Waals surface area contributed by atoms with Crippen molar-refractivity contribution in [3.05, 3.63) is 64.2 Å². The van der Waals surface area contributed by atoms with Crippen LogP contribution in [0.4, 0.5) is 0 Å². The van der Waals surface area contributed by atoms with Gasteiger partial charge in [0, 0.05) is 17.0 Å². The lowest BCUT2D eigenvalue weighted by atomic mass is 9.99. The quantitative estimate of drug-likeness (QED) is 0.785. The number of ether oxygens (including phenoxy) is 1. The van der Waals surface area contributed by atoms with Crippen LogP contribution >= 0.6 is 11.6 Å². The van der Waals surface area contributed by atoms with Crippen molar-refractivity contribution in [3.8, 4) is 5.75 Å². The Morgan fingerprint density at radius 3 is 2.68 bits per heavy atom. The van der Waals surface area contributed by atoms with Crippen LogP contribution < -0.4 is 4.74 Å². The maximum Gasteiger partial charge on any atom is 0.167 e. The second-order valence-electron chi connectivity index (χ2n) is 4.41. The highest BCUT2D eigenvalue weighted by Gasteiger charge is 2.10. The number of hydrogen-bond donors (Lipinski definition) is 0. The average molecular weight is 275 g/mol. The predicted octanol–water partition coefficient (Wildman–Crippen LogP) is 4.08. The summed E-state index contributed by atoms with van der Waals surface area (Å²) in [7, 11) is 1.62. The van der Waals surface area contributed by atoms with Crippen LogP contribution in [0, 0.1) is 6.92 Å². The zero-order chi connectivity index (χ0) is 13.8. The molecule has 2 aromatic carbocycles. The number of aryl methyl sites for hydroxylation is 1. The highest BCUT2D eigenvalue weighted by Crippen LogP contribution is 2.19. The summed E-state index contributed by atoms with van der Waals surface area (Å²) in [6.45, 7) is 1.89. The molecule has 0 bridgehead atoms. The van der Waals surface area contributed by atoms with Gasteiger partial charge < -0.3 is 4.74 Å². The summed E-state index contributed by atoms with van der Waals surface area (Å²) in [5.74, 6) is 0.848. The van der Waals surface area contributed by atoms with Crippen LogP contribution in [-0.2, 0) is 6.42 Å². The Bertz CT molecular complexity index is 605. The molecule has 0 aliphatic rings. The molecule has 0 aliphatic carbocycles. The van der Waals surface area contributed by atoms with Gasteiger partial charge in [-0.1, -0.05) is 23.7 Å². The van der Waals surface area contributed by atoms with E-state index in [0.29, 0.717) is 17.0 Å². The highest BCUT2D eigenvalue weighted by molar-refractivity contribution is 6.30. The molecular formula is C16H15ClO2. The number of carbonyl (C=O) groups is 1. The molecule has 0 unspecified atom stereocenters. The molecule has 0 saturated heterocycles. The van der Waals surface area contributed by atoms with Crippen molar-refractivity contribution in [1.29, 1.82) is 0 Å². The molecule has 0 aliphatic heterocycles. The molecule has 2 nitrogen and oxygen atoms in total. The average Bonchev–Trinajstić information content (AvgIpc) is 2.38. The van der Waals surface area contributed by atoms with E-state index in [1.807, 2.05) is 31.2 Å². The van der Waals surface area contributed by atoms with Crippen molar-refractivity contribution in [2.24, 2.45) is 0 Å². The second kappa shape index (κ2) is 5.89. The zero-order valence-electron chi connectivity index (χ0n) is 10.9. The van der Waals surface area contributed by atoms with Crippen LogP contribution in [0.1, 0.15) is 21.5 Å². The lowest BCUT2D eigenvalue weighted by Crippen LogP contribution is -2.05. The number of Topliss-reactive ketones (excluding diaryl/α,β-unsaturated/α-hetero) is 1. The molecule has 0 amide bonds. The molecule has 0 radical (unpaired) electrons.